The van der Waals surface area contributed by atoms with Gasteiger partial charge in [0.25, 0.3) is 0 Å². The van der Waals surface area contributed by atoms with Gasteiger partial charge >= 0.3 is 0 Å². The third kappa shape index (κ3) is 1.47. The van der Waals surface area contributed by atoms with Gasteiger partial charge in [-0.15, -0.1) is 11.6 Å². The van der Waals surface area contributed by atoms with Gasteiger partial charge in [-0.3, -0.25) is 0 Å². The van der Waals surface area contributed by atoms with Gasteiger partial charge in [-0.1, -0.05) is 35.9 Å². The van der Waals surface area contributed by atoms with E-state index in [4.69, 9.17) is 16.3 Å². The molecule has 0 unspecified atom stereocenters. The minimum atomic E-state index is 0.109. The van der Waals surface area contributed by atoms with Gasteiger partial charge in [-0.2, -0.15) is 0 Å². The number of fused-ring (bicyclic) bond motifs is 1. The van der Waals surface area contributed by atoms with E-state index in [1.54, 1.807) is 0 Å². The van der Waals surface area contributed by atoms with Gasteiger partial charge in [-0.05, 0) is 17.4 Å². The van der Waals surface area contributed by atoms with Crippen LogP contribution in [0.25, 0.3) is 0 Å². The van der Waals surface area contributed by atoms with Crippen molar-refractivity contribution in [2.45, 2.75) is 36.6 Å². The van der Waals surface area contributed by atoms with Gasteiger partial charge in [0.05, 0.1) is 18.1 Å². The first-order valence-corrected chi connectivity index (χ1v) is 5.98. The van der Waals surface area contributed by atoms with Crippen LogP contribution >= 0.6 is 27.5 Å². The fourth-order valence-corrected chi connectivity index (χ4v) is 3.18. The van der Waals surface area contributed by atoms with Crippen molar-refractivity contribution in [2.75, 3.05) is 6.61 Å². The molecule has 0 aromatic carbocycles. The van der Waals surface area contributed by atoms with Crippen LogP contribution in [0.15, 0.2) is 11.6 Å². The van der Waals surface area contributed by atoms with Crippen molar-refractivity contribution in [1.82, 2.24) is 0 Å². The number of ether oxygens (including phenoxy) is 1. The third-order valence-corrected chi connectivity index (χ3v) is 5.53. The molecule has 0 aromatic rings. The Bertz CT molecular complexity index is 249. The molecule has 2 rings (SSSR count). The Morgan fingerprint density at radius 2 is 2.31 bits per heavy atom. The van der Waals surface area contributed by atoms with Crippen molar-refractivity contribution in [2.24, 2.45) is 5.41 Å². The summed E-state index contributed by atoms with van der Waals surface area (Å²) in [4.78, 5) is 0.447. The molecule has 1 aliphatic heterocycles. The number of alkyl halides is 2. The second-order valence-electron chi connectivity index (χ2n) is 4.41. The van der Waals surface area contributed by atoms with Gasteiger partial charge in [-0.25, -0.2) is 0 Å². The summed E-state index contributed by atoms with van der Waals surface area (Å²) in [5.41, 5.74) is 1.42. The van der Waals surface area contributed by atoms with E-state index in [2.05, 4.69) is 35.9 Å². The van der Waals surface area contributed by atoms with E-state index in [-0.39, 0.29) is 16.9 Å². The van der Waals surface area contributed by atoms with Crippen LogP contribution in [0, 0.1) is 5.41 Å². The van der Waals surface area contributed by atoms with Crippen molar-refractivity contribution in [3.63, 3.8) is 0 Å². The molecule has 1 aliphatic carbocycles. The van der Waals surface area contributed by atoms with Crippen molar-refractivity contribution in [1.29, 1.82) is 0 Å². The van der Waals surface area contributed by atoms with Gasteiger partial charge in [0.2, 0.25) is 0 Å². The fourth-order valence-electron chi connectivity index (χ4n) is 2.04. The highest BCUT2D eigenvalue weighted by Gasteiger charge is 2.46. The SMILES string of the molecule is CC1(C)[C@H](Br)C[C@@H]2OCC=C2[C@H]1Cl. The fraction of sp³-hybridized carbons (Fsp3) is 0.800. The molecule has 0 saturated heterocycles. The first-order chi connectivity index (χ1) is 6.03. The molecule has 3 atom stereocenters. The quantitative estimate of drug-likeness (QED) is 0.483. The van der Waals surface area contributed by atoms with Crippen molar-refractivity contribution >= 4 is 27.5 Å². The van der Waals surface area contributed by atoms with Gasteiger partial charge in [0.15, 0.2) is 0 Å². The second-order valence-corrected chi connectivity index (χ2v) is 5.96. The summed E-state index contributed by atoms with van der Waals surface area (Å²) >= 11 is 10.1. The van der Waals surface area contributed by atoms with Crippen LogP contribution in [-0.2, 0) is 4.74 Å². The lowest BCUT2D eigenvalue weighted by Crippen LogP contribution is -2.44. The zero-order valence-electron chi connectivity index (χ0n) is 7.89. The maximum Gasteiger partial charge on any atom is 0.0815 e. The second kappa shape index (κ2) is 3.25. The molecule has 0 bridgehead atoms. The van der Waals surface area contributed by atoms with E-state index in [1.807, 2.05) is 0 Å². The smallest absolute Gasteiger partial charge is 0.0815 e. The molecule has 1 saturated carbocycles. The zero-order valence-corrected chi connectivity index (χ0v) is 10.2. The Morgan fingerprint density at radius 1 is 1.62 bits per heavy atom. The van der Waals surface area contributed by atoms with Crippen LogP contribution in [0.4, 0.5) is 0 Å². The highest BCUT2D eigenvalue weighted by atomic mass is 79.9. The molecule has 0 radical (unpaired) electrons. The minimum Gasteiger partial charge on any atom is -0.370 e. The molecule has 3 heteroatoms. The largest absolute Gasteiger partial charge is 0.370 e. The summed E-state index contributed by atoms with van der Waals surface area (Å²) in [7, 11) is 0. The van der Waals surface area contributed by atoms with E-state index in [1.165, 1.54) is 5.57 Å². The summed E-state index contributed by atoms with van der Waals surface area (Å²) in [6.45, 7) is 5.15. The zero-order chi connectivity index (χ0) is 9.64. The Labute approximate surface area is 92.6 Å². The highest BCUT2D eigenvalue weighted by Crippen LogP contribution is 2.47. The van der Waals surface area contributed by atoms with Crippen LogP contribution in [0.5, 0.6) is 0 Å². The van der Waals surface area contributed by atoms with Crippen LogP contribution in [0.3, 0.4) is 0 Å². The van der Waals surface area contributed by atoms with Gasteiger partial charge in [0, 0.05) is 4.83 Å². The first kappa shape index (κ1) is 10.0. The molecule has 0 spiro atoms. The maximum atomic E-state index is 6.43. The highest BCUT2D eigenvalue weighted by molar-refractivity contribution is 9.09. The summed E-state index contributed by atoms with van der Waals surface area (Å²) < 4.78 is 5.58. The Balaban J connectivity index is 2.28. The number of hydrogen-bond acceptors (Lipinski definition) is 1. The average molecular weight is 266 g/mol. The van der Waals surface area contributed by atoms with Gasteiger partial charge in [0.1, 0.15) is 0 Å². The van der Waals surface area contributed by atoms with Crippen molar-refractivity contribution in [3.05, 3.63) is 11.6 Å². The van der Waals surface area contributed by atoms with E-state index >= 15 is 0 Å². The summed E-state index contributed by atoms with van der Waals surface area (Å²) in [6, 6.07) is 0. The van der Waals surface area contributed by atoms with E-state index in [0.717, 1.165) is 13.0 Å². The summed E-state index contributed by atoms with van der Waals surface area (Å²) in [6.07, 6.45) is 3.45. The first-order valence-electron chi connectivity index (χ1n) is 4.63. The molecule has 1 heterocycles. The molecule has 74 valence electrons. The monoisotopic (exact) mass is 264 g/mol. The molecular formula is C10H14BrClO. The minimum absolute atomic E-state index is 0.109. The number of rotatable bonds is 0. The van der Waals surface area contributed by atoms with Crippen LogP contribution in [0.1, 0.15) is 20.3 Å². The van der Waals surface area contributed by atoms with E-state index in [9.17, 15) is 0 Å². The molecule has 1 nitrogen and oxygen atoms in total. The van der Waals surface area contributed by atoms with E-state index in [0.29, 0.717) is 4.83 Å². The normalized spacial score (nSPS) is 42.8. The van der Waals surface area contributed by atoms with Crippen LogP contribution in [-0.4, -0.2) is 22.9 Å². The maximum absolute atomic E-state index is 6.43. The number of halogens is 2. The van der Waals surface area contributed by atoms with Crippen LogP contribution in [0.2, 0.25) is 0 Å². The van der Waals surface area contributed by atoms with Crippen molar-refractivity contribution < 1.29 is 4.74 Å². The summed E-state index contributed by atoms with van der Waals surface area (Å²) in [5, 5.41) is 0.109. The predicted molar refractivity (Wildman–Crippen MR) is 58.6 cm³/mol. The predicted octanol–water partition coefficient (Wildman–Crippen LogP) is 3.11. The van der Waals surface area contributed by atoms with Crippen LogP contribution < -0.4 is 0 Å². The lowest BCUT2D eigenvalue weighted by atomic mass is 9.73. The lowest BCUT2D eigenvalue weighted by Gasteiger charge is -2.42. The molecule has 1 fully saturated rings. The molecule has 0 aromatic heterocycles. The lowest BCUT2D eigenvalue weighted by molar-refractivity contribution is 0.0861. The van der Waals surface area contributed by atoms with E-state index < -0.39 is 0 Å². The molecule has 13 heavy (non-hydrogen) atoms. The third-order valence-electron chi connectivity index (χ3n) is 3.16. The topological polar surface area (TPSA) is 9.23 Å². The summed E-state index contributed by atoms with van der Waals surface area (Å²) in [5.74, 6) is 0. The Kier molecular flexibility index (Phi) is 2.50. The Hall–Kier alpha value is 0.470. The molecular weight excluding hydrogens is 251 g/mol. The molecule has 2 aliphatic rings. The Morgan fingerprint density at radius 3 is 3.00 bits per heavy atom. The molecule has 0 N–H and O–H groups in total. The standard InChI is InChI=1S/C10H14BrClO/c1-10(2)8(11)5-7-6(9(10)12)3-4-13-7/h3,7-9H,4-5H2,1-2H3/t7-,8+,9+/m0/s1. The average Bonchev–Trinajstić information content (AvgIpc) is 2.49. The van der Waals surface area contributed by atoms with Gasteiger partial charge < -0.3 is 4.74 Å². The molecule has 0 amide bonds. The van der Waals surface area contributed by atoms with Crippen molar-refractivity contribution in [3.8, 4) is 0 Å². The number of hydrogen-bond donors (Lipinski definition) is 0.